The van der Waals surface area contributed by atoms with E-state index in [4.69, 9.17) is 4.74 Å². The predicted octanol–water partition coefficient (Wildman–Crippen LogP) is 0.813. The number of nitrogens with zero attached hydrogens (tertiary/aromatic N) is 2. The van der Waals surface area contributed by atoms with Crippen molar-refractivity contribution in [1.82, 2.24) is 15.1 Å². The van der Waals surface area contributed by atoms with Crippen molar-refractivity contribution in [2.75, 3.05) is 7.11 Å². The van der Waals surface area contributed by atoms with E-state index in [1.165, 1.54) is 7.11 Å². The van der Waals surface area contributed by atoms with Gasteiger partial charge in [0.15, 0.2) is 0 Å². The van der Waals surface area contributed by atoms with Crippen LogP contribution in [0.3, 0.4) is 0 Å². The summed E-state index contributed by atoms with van der Waals surface area (Å²) < 4.78 is 6.55. The van der Waals surface area contributed by atoms with Gasteiger partial charge in [0.25, 0.3) is 0 Å². The second-order valence-corrected chi connectivity index (χ2v) is 3.78. The van der Waals surface area contributed by atoms with Gasteiger partial charge in [0.05, 0.1) is 13.7 Å². The van der Waals surface area contributed by atoms with Gasteiger partial charge >= 0.3 is 5.97 Å². The van der Waals surface area contributed by atoms with Crippen molar-refractivity contribution in [3.05, 3.63) is 18.5 Å². The van der Waals surface area contributed by atoms with Crippen molar-refractivity contribution in [3.63, 3.8) is 0 Å². The smallest absolute Gasteiger partial charge is 0.322 e. The van der Waals surface area contributed by atoms with Crippen LogP contribution < -0.4 is 5.32 Å². The van der Waals surface area contributed by atoms with Crippen LogP contribution in [0.1, 0.15) is 20.3 Å². The van der Waals surface area contributed by atoms with Gasteiger partial charge in [-0.05, 0) is 19.4 Å². The van der Waals surface area contributed by atoms with Crippen molar-refractivity contribution >= 4 is 5.97 Å². The molecule has 0 amide bonds. The molecule has 0 aliphatic rings. The first-order valence-electron chi connectivity index (χ1n) is 5.48. The van der Waals surface area contributed by atoms with Crippen molar-refractivity contribution in [2.24, 2.45) is 0 Å². The number of carbonyl (C=O) groups excluding carboxylic acids is 1. The van der Waals surface area contributed by atoms with E-state index in [0.717, 1.165) is 13.0 Å². The Hall–Kier alpha value is -1.36. The maximum atomic E-state index is 11.4. The average Bonchev–Trinajstić information content (AvgIpc) is 2.77. The number of carbonyl (C=O) groups is 1. The maximum Gasteiger partial charge on any atom is 0.322 e. The number of methoxy groups -OCH3 is 1. The van der Waals surface area contributed by atoms with Gasteiger partial charge in [0.2, 0.25) is 0 Å². The number of hydrogen-bond donors (Lipinski definition) is 1. The first-order valence-corrected chi connectivity index (χ1v) is 5.48. The Balaban J connectivity index is 2.43. The topological polar surface area (TPSA) is 56.2 Å². The van der Waals surface area contributed by atoms with Gasteiger partial charge in [-0.1, -0.05) is 6.92 Å². The largest absolute Gasteiger partial charge is 0.468 e. The van der Waals surface area contributed by atoms with Crippen LogP contribution in [-0.4, -0.2) is 34.9 Å². The Labute approximate surface area is 95.8 Å². The SMILES string of the molecule is CCC(NC(C)Cn1cccn1)C(=O)OC. The molecule has 1 aromatic rings. The number of ether oxygens (including phenoxy) is 1. The molecule has 0 fully saturated rings. The summed E-state index contributed by atoms with van der Waals surface area (Å²) in [5.41, 5.74) is 0. The zero-order valence-electron chi connectivity index (χ0n) is 10.0. The first-order chi connectivity index (χ1) is 7.67. The molecular weight excluding hydrogens is 206 g/mol. The van der Waals surface area contributed by atoms with Crippen LogP contribution >= 0.6 is 0 Å². The van der Waals surface area contributed by atoms with Crippen molar-refractivity contribution in [2.45, 2.75) is 38.9 Å². The van der Waals surface area contributed by atoms with E-state index in [1.54, 1.807) is 6.20 Å². The van der Waals surface area contributed by atoms with E-state index in [9.17, 15) is 4.79 Å². The summed E-state index contributed by atoms with van der Waals surface area (Å²) in [4.78, 5) is 11.4. The highest BCUT2D eigenvalue weighted by molar-refractivity contribution is 5.75. The summed E-state index contributed by atoms with van der Waals surface area (Å²) in [6, 6.07) is 1.81. The number of nitrogens with one attached hydrogen (secondary N) is 1. The van der Waals surface area contributed by atoms with Crippen LogP contribution in [0.4, 0.5) is 0 Å². The predicted molar refractivity (Wildman–Crippen MR) is 60.9 cm³/mol. The van der Waals surface area contributed by atoms with Gasteiger partial charge in [-0.15, -0.1) is 0 Å². The molecule has 0 saturated carbocycles. The molecule has 90 valence electrons. The lowest BCUT2D eigenvalue weighted by Crippen LogP contribution is -2.44. The average molecular weight is 225 g/mol. The fraction of sp³-hybridized carbons (Fsp3) is 0.636. The van der Waals surface area contributed by atoms with E-state index >= 15 is 0 Å². The highest BCUT2D eigenvalue weighted by Gasteiger charge is 2.18. The lowest BCUT2D eigenvalue weighted by Gasteiger charge is -2.20. The van der Waals surface area contributed by atoms with Gasteiger partial charge in [-0.3, -0.25) is 9.48 Å². The molecule has 0 bridgehead atoms. The summed E-state index contributed by atoms with van der Waals surface area (Å²) in [6.07, 6.45) is 4.36. The van der Waals surface area contributed by atoms with Gasteiger partial charge in [-0.2, -0.15) is 5.10 Å². The maximum absolute atomic E-state index is 11.4. The third kappa shape index (κ3) is 3.66. The Morgan fingerprint density at radius 3 is 2.88 bits per heavy atom. The summed E-state index contributed by atoms with van der Waals surface area (Å²) in [7, 11) is 1.41. The van der Waals surface area contributed by atoms with Crippen LogP contribution in [0, 0.1) is 0 Å². The van der Waals surface area contributed by atoms with Crippen LogP contribution in [0.15, 0.2) is 18.5 Å². The molecule has 0 aromatic carbocycles. The zero-order chi connectivity index (χ0) is 12.0. The molecule has 2 atom stereocenters. The summed E-state index contributed by atoms with van der Waals surface area (Å²) in [5.74, 6) is -0.213. The third-order valence-electron chi connectivity index (χ3n) is 2.40. The van der Waals surface area contributed by atoms with Crippen LogP contribution in [0.2, 0.25) is 0 Å². The molecule has 5 nitrogen and oxygen atoms in total. The first kappa shape index (κ1) is 12.7. The normalized spacial score (nSPS) is 14.4. The van der Waals surface area contributed by atoms with Crippen molar-refractivity contribution < 1.29 is 9.53 Å². The molecule has 1 heterocycles. The summed E-state index contributed by atoms with van der Waals surface area (Å²) >= 11 is 0. The lowest BCUT2D eigenvalue weighted by molar-refractivity contribution is -0.143. The van der Waals surface area contributed by atoms with E-state index in [0.29, 0.717) is 0 Å². The van der Waals surface area contributed by atoms with E-state index in [1.807, 2.05) is 30.8 Å². The standard InChI is InChI=1S/C11H19N3O2/c1-4-10(11(15)16-3)13-9(2)8-14-7-5-6-12-14/h5-7,9-10,13H,4,8H2,1-3H3. The molecule has 0 aliphatic carbocycles. The van der Waals surface area contributed by atoms with Gasteiger partial charge < -0.3 is 10.1 Å². The molecule has 1 N–H and O–H groups in total. The molecule has 2 unspecified atom stereocenters. The Bertz CT molecular complexity index is 311. The van der Waals surface area contributed by atoms with Gasteiger partial charge in [-0.25, -0.2) is 0 Å². The second kappa shape index (κ2) is 6.27. The lowest BCUT2D eigenvalue weighted by atomic mass is 10.2. The summed E-state index contributed by atoms with van der Waals surface area (Å²) in [6.45, 7) is 4.71. The molecule has 1 rings (SSSR count). The minimum Gasteiger partial charge on any atom is -0.468 e. The Morgan fingerprint density at radius 2 is 2.38 bits per heavy atom. The fourth-order valence-corrected chi connectivity index (χ4v) is 1.58. The number of aromatic nitrogens is 2. The molecule has 0 radical (unpaired) electrons. The molecule has 16 heavy (non-hydrogen) atoms. The number of esters is 1. The van der Waals surface area contributed by atoms with Gasteiger partial charge in [0.1, 0.15) is 6.04 Å². The van der Waals surface area contributed by atoms with Crippen LogP contribution in [-0.2, 0) is 16.1 Å². The molecule has 0 spiro atoms. The Morgan fingerprint density at radius 1 is 1.62 bits per heavy atom. The molecule has 1 aromatic heterocycles. The number of hydrogen-bond acceptors (Lipinski definition) is 4. The highest BCUT2D eigenvalue weighted by Crippen LogP contribution is 1.98. The molecule has 0 aliphatic heterocycles. The molecule has 0 saturated heterocycles. The van der Waals surface area contributed by atoms with Crippen molar-refractivity contribution in [3.8, 4) is 0 Å². The molecule has 5 heteroatoms. The van der Waals surface area contributed by atoms with Crippen LogP contribution in [0.5, 0.6) is 0 Å². The minimum atomic E-state index is -0.240. The monoisotopic (exact) mass is 225 g/mol. The Kier molecular flexibility index (Phi) is 4.98. The zero-order valence-corrected chi connectivity index (χ0v) is 10.0. The van der Waals surface area contributed by atoms with Gasteiger partial charge in [0, 0.05) is 18.4 Å². The minimum absolute atomic E-state index is 0.170. The quantitative estimate of drug-likeness (QED) is 0.728. The number of rotatable bonds is 6. The summed E-state index contributed by atoms with van der Waals surface area (Å²) in [5, 5.41) is 7.34. The van der Waals surface area contributed by atoms with Crippen molar-refractivity contribution in [1.29, 1.82) is 0 Å². The second-order valence-electron chi connectivity index (χ2n) is 3.78. The van der Waals surface area contributed by atoms with Crippen LogP contribution in [0.25, 0.3) is 0 Å². The molecular formula is C11H19N3O2. The van der Waals surface area contributed by atoms with E-state index in [-0.39, 0.29) is 18.1 Å². The fourth-order valence-electron chi connectivity index (χ4n) is 1.58. The van der Waals surface area contributed by atoms with E-state index < -0.39 is 0 Å². The van der Waals surface area contributed by atoms with E-state index in [2.05, 4.69) is 10.4 Å². The third-order valence-corrected chi connectivity index (χ3v) is 2.40. The highest BCUT2D eigenvalue weighted by atomic mass is 16.5.